The number of ketones is 1. The van der Waals surface area contributed by atoms with E-state index in [1.807, 2.05) is 31.2 Å². The van der Waals surface area contributed by atoms with Crippen molar-refractivity contribution in [2.24, 2.45) is 0 Å². The number of rotatable bonds is 11. The lowest BCUT2D eigenvalue weighted by Crippen LogP contribution is -2.51. The fourth-order valence-electron chi connectivity index (χ4n) is 3.26. The van der Waals surface area contributed by atoms with Gasteiger partial charge in [0.2, 0.25) is 21.8 Å². The van der Waals surface area contributed by atoms with Crippen LogP contribution in [0.1, 0.15) is 43.1 Å². The maximum Gasteiger partial charge on any atom is 0.244 e. The zero-order valence-corrected chi connectivity index (χ0v) is 22.1. The van der Waals surface area contributed by atoms with Crippen molar-refractivity contribution in [1.29, 1.82) is 0 Å². The van der Waals surface area contributed by atoms with Gasteiger partial charge in [-0.05, 0) is 50.1 Å². The van der Waals surface area contributed by atoms with E-state index in [0.29, 0.717) is 12.1 Å². The first kappa shape index (κ1) is 27.5. The van der Waals surface area contributed by atoms with Gasteiger partial charge in [0, 0.05) is 23.1 Å². The summed E-state index contributed by atoms with van der Waals surface area (Å²) in [5.41, 5.74) is 1.32. The Kier molecular flexibility index (Phi) is 9.81. The van der Waals surface area contributed by atoms with Crippen LogP contribution in [0.15, 0.2) is 53.0 Å². The molecule has 8 nitrogen and oxygen atoms in total. The van der Waals surface area contributed by atoms with Crippen molar-refractivity contribution in [3.63, 3.8) is 0 Å². The molecule has 2 aromatic carbocycles. The molecule has 0 saturated heterocycles. The van der Waals surface area contributed by atoms with Gasteiger partial charge in [-0.1, -0.05) is 47.1 Å². The Hall–Kier alpha value is -2.72. The molecule has 0 fully saturated rings. The van der Waals surface area contributed by atoms with Crippen molar-refractivity contribution in [3.05, 3.63) is 64.1 Å². The molecule has 10 heteroatoms. The lowest BCUT2D eigenvalue weighted by molar-refractivity contribution is -0.139. The van der Waals surface area contributed by atoms with Crippen LogP contribution >= 0.6 is 15.9 Å². The summed E-state index contributed by atoms with van der Waals surface area (Å²) < 4.78 is 27.0. The normalized spacial score (nSPS) is 12.0. The standard InChI is InChI=1S/C24H30BrN3O5S/c1-5-13-26-24(31)17(2)27(15-19-9-11-21(25)12-10-19)23(30)16-28(34(4,32)33)22-8-6-7-20(14-22)18(3)29/h6-12,14,17H,5,13,15-16H2,1-4H3,(H,26,31)/t17-/m1/s1. The summed E-state index contributed by atoms with van der Waals surface area (Å²) >= 11 is 3.38. The molecule has 0 saturated carbocycles. The molecule has 0 aromatic heterocycles. The number of anilines is 1. The molecule has 0 radical (unpaired) electrons. The fourth-order valence-corrected chi connectivity index (χ4v) is 4.36. The molecule has 0 aliphatic heterocycles. The van der Waals surface area contributed by atoms with Crippen LogP contribution in [0, 0.1) is 0 Å². The minimum Gasteiger partial charge on any atom is -0.354 e. The summed E-state index contributed by atoms with van der Waals surface area (Å²) in [6.45, 7) is 5.00. The first-order valence-electron chi connectivity index (χ1n) is 10.8. The average molecular weight is 552 g/mol. The molecular weight excluding hydrogens is 522 g/mol. The molecule has 2 amide bonds. The third-order valence-electron chi connectivity index (χ3n) is 5.20. The van der Waals surface area contributed by atoms with Gasteiger partial charge < -0.3 is 10.2 Å². The number of nitrogens with one attached hydrogen (secondary N) is 1. The molecule has 0 bridgehead atoms. The molecule has 2 rings (SSSR count). The van der Waals surface area contributed by atoms with Gasteiger partial charge in [0.15, 0.2) is 5.78 Å². The second-order valence-electron chi connectivity index (χ2n) is 7.99. The largest absolute Gasteiger partial charge is 0.354 e. The Morgan fingerprint density at radius 1 is 1.09 bits per heavy atom. The number of Topliss-reactive ketones (excluding diaryl/α,β-unsaturated/α-hetero) is 1. The molecule has 0 spiro atoms. The minimum absolute atomic E-state index is 0.123. The lowest BCUT2D eigenvalue weighted by atomic mass is 10.1. The van der Waals surface area contributed by atoms with E-state index in [2.05, 4.69) is 21.2 Å². The first-order valence-corrected chi connectivity index (χ1v) is 13.5. The molecule has 184 valence electrons. The number of carbonyl (C=O) groups is 3. The molecule has 1 N–H and O–H groups in total. The van der Waals surface area contributed by atoms with Gasteiger partial charge in [-0.3, -0.25) is 18.7 Å². The molecule has 1 atom stereocenters. The number of nitrogens with zero attached hydrogens (tertiary/aromatic N) is 2. The van der Waals surface area contributed by atoms with Crippen molar-refractivity contribution >= 4 is 49.2 Å². The van der Waals surface area contributed by atoms with Crippen LogP contribution in [0.3, 0.4) is 0 Å². The van der Waals surface area contributed by atoms with Crippen molar-refractivity contribution in [2.75, 3.05) is 23.7 Å². The zero-order valence-electron chi connectivity index (χ0n) is 19.7. The topological polar surface area (TPSA) is 104 Å². The molecule has 34 heavy (non-hydrogen) atoms. The van der Waals surface area contributed by atoms with E-state index < -0.39 is 28.5 Å². The quantitative estimate of drug-likeness (QED) is 0.431. The monoisotopic (exact) mass is 551 g/mol. The maximum atomic E-state index is 13.4. The first-order chi connectivity index (χ1) is 15.9. The molecule has 0 unspecified atom stereocenters. The van der Waals surface area contributed by atoms with Crippen LogP contribution in [-0.2, 0) is 26.2 Å². The van der Waals surface area contributed by atoms with Crippen LogP contribution in [-0.4, -0.2) is 56.3 Å². The summed E-state index contributed by atoms with van der Waals surface area (Å²) in [6, 6.07) is 12.6. The van der Waals surface area contributed by atoms with Gasteiger partial charge in [0.25, 0.3) is 0 Å². The zero-order chi connectivity index (χ0) is 25.5. The summed E-state index contributed by atoms with van der Waals surface area (Å²) in [5, 5.41) is 2.79. The van der Waals surface area contributed by atoms with E-state index in [4.69, 9.17) is 0 Å². The van der Waals surface area contributed by atoms with Crippen molar-refractivity contribution in [2.45, 2.75) is 39.8 Å². The minimum atomic E-state index is -3.86. The lowest BCUT2D eigenvalue weighted by Gasteiger charge is -2.31. The van der Waals surface area contributed by atoms with Gasteiger partial charge in [-0.15, -0.1) is 0 Å². The molecular formula is C24H30BrN3O5S. The predicted octanol–water partition coefficient (Wildman–Crippen LogP) is 3.36. The van der Waals surface area contributed by atoms with Crippen LogP contribution in [0.25, 0.3) is 0 Å². The molecule has 0 heterocycles. The molecule has 0 aliphatic rings. The van der Waals surface area contributed by atoms with Gasteiger partial charge in [-0.2, -0.15) is 0 Å². The van der Waals surface area contributed by atoms with Gasteiger partial charge >= 0.3 is 0 Å². The van der Waals surface area contributed by atoms with Crippen LogP contribution in [0.2, 0.25) is 0 Å². The Bertz CT molecular complexity index is 1140. The summed E-state index contributed by atoms with van der Waals surface area (Å²) in [5.74, 6) is -1.09. The highest BCUT2D eigenvalue weighted by molar-refractivity contribution is 9.10. The van der Waals surface area contributed by atoms with E-state index in [9.17, 15) is 22.8 Å². The van der Waals surface area contributed by atoms with Gasteiger partial charge in [0.05, 0.1) is 11.9 Å². The highest BCUT2D eigenvalue weighted by Crippen LogP contribution is 2.21. The number of hydrogen-bond donors (Lipinski definition) is 1. The van der Waals surface area contributed by atoms with E-state index in [0.717, 1.165) is 27.0 Å². The van der Waals surface area contributed by atoms with Crippen molar-refractivity contribution in [3.8, 4) is 0 Å². The van der Waals surface area contributed by atoms with Gasteiger partial charge in [0.1, 0.15) is 12.6 Å². The van der Waals surface area contributed by atoms with E-state index in [1.165, 1.54) is 24.0 Å². The Morgan fingerprint density at radius 3 is 2.29 bits per heavy atom. The smallest absolute Gasteiger partial charge is 0.244 e. The maximum absolute atomic E-state index is 13.4. The number of amides is 2. The van der Waals surface area contributed by atoms with Crippen LogP contribution in [0.4, 0.5) is 5.69 Å². The van der Waals surface area contributed by atoms with Crippen molar-refractivity contribution < 1.29 is 22.8 Å². The Morgan fingerprint density at radius 2 is 1.74 bits per heavy atom. The second-order valence-corrected chi connectivity index (χ2v) is 10.8. The van der Waals surface area contributed by atoms with E-state index in [1.54, 1.807) is 19.1 Å². The highest BCUT2D eigenvalue weighted by Gasteiger charge is 2.30. The van der Waals surface area contributed by atoms with Gasteiger partial charge in [-0.25, -0.2) is 8.42 Å². The fraction of sp³-hybridized carbons (Fsp3) is 0.375. The Balaban J connectivity index is 2.40. The molecule has 0 aliphatic carbocycles. The molecule has 2 aromatic rings. The number of halogens is 1. The summed E-state index contributed by atoms with van der Waals surface area (Å²) in [7, 11) is -3.86. The number of sulfonamides is 1. The average Bonchev–Trinajstić information content (AvgIpc) is 2.79. The third-order valence-corrected chi connectivity index (χ3v) is 6.87. The number of benzene rings is 2. The van der Waals surface area contributed by atoms with Crippen molar-refractivity contribution in [1.82, 2.24) is 10.2 Å². The summed E-state index contributed by atoms with van der Waals surface area (Å²) in [4.78, 5) is 39.3. The highest BCUT2D eigenvalue weighted by atomic mass is 79.9. The number of hydrogen-bond acceptors (Lipinski definition) is 5. The SMILES string of the molecule is CCCNC(=O)[C@@H](C)N(Cc1ccc(Br)cc1)C(=O)CN(c1cccc(C(C)=O)c1)S(C)(=O)=O. The summed E-state index contributed by atoms with van der Waals surface area (Å²) in [6.07, 6.45) is 1.74. The van der Waals surface area contributed by atoms with E-state index >= 15 is 0 Å². The van der Waals surface area contributed by atoms with Crippen LogP contribution in [0.5, 0.6) is 0 Å². The predicted molar refractivity (Wildman–Crippen MR) is 136 cm³/mol. The Labute approximate surface area is 209 Å². The van der Waals surface area contributed by atoms with E-state index in [-0.39, 0.29) is 23.9 Å². The van der Waals surface area contributed by atoms with Crippen LogP contribution < -0.4 is 9.62 Å². The third kappa shape index (κ3) is 7.66. The number of carbonyl (C=O) groups excluding carboxylic acids is 3. The second kappa shape index (κ2) is 12.1.